The monoisotopic (exact) mass is 306 g/mol. The van der Waals surface area contributed by atoms with Crippen molar-refractivity contribution in [3.8, 4) is 0 Å². The van der Waals surface area contributed by atoms with Crippen molar-refractivity contribution in [2.75, 3.05) is 5.32 Å². The molecule has 1 N–H and O–H groups in total. The van der Waals surface area contributed by atoms with E-state index < -0.39 is 0 Å². The fourth-order valence-electron chi connectivity index (χ4n) is 2.42. The Kier molecular flexibility index (Phi) is 3.93. The molecule has 1 aromatic carbocycles. The summed E-state index contributed by atoms with van der Waals surface area (Å²) in [7, 11) is 0. The Balaban J connectivity index is 1.80. The van der Waals surface area contributed by atoms with Crippen LogP contribution in [0.5, 0.6) is 0 Å². The molecular weight excluding hydrogens is 288 g/mol. The van der Waals surface area contributed by atoms with Crippen molar-refractivity contribution in [3.05, 3.63) is 65.0 Å². The average Bonchev–Trinajstić information content (AvgIpc) is 2.99. The maximum atomic E-state index is 12.2. The summed E-state index contributed by atoms with van der Waals surface area (Å²) in [5, 5.41) is 6.96. The molecule has 23 heavy (non-hydrogen) atoms. The zero-order chi connectivity index (χ0) is 16.4. The Morgan fingerprint density at radius 1 is 1.09 bits per heavy atom. The number of amides is 1. The summed E-state index contributed by atoms with van der Waals surface area (Å²) < 4.78 is 1.59. The molecule has 0 atom stereocenters. The van der Waals surface area contributed by atoms with Gasteiger partial charge in [0, 0.05) is 18.3 Å². The molecule has 0 aliphatic carbocycles. The fraction of sp³-hybridized carbons (Fsp3) is 0.167. The minimum atomic E-state index is -0.203. The second kappa shape index (κ2) is 6.04. The standard InChI is InChI=1S/C18H18N4O/c1-12-10-14(3)15(11-13(12)2)4-5-18(23)21-17-6-8-19-16-7-9-20-22(16)17/h4-11H,1-3H3,(H,21,23)/b5-4+. The smallest absolute Gasteiger partial charge is 0.249 e. The first-order chi connectivity index (χ1) is 11.0. The summed E-state index contributed by atoms with van der Waals surface area (Å²) in [6.45, 7) is 6.19. The molecule has 1 amide bonds. The van der Waals surface area contributed by atoms with E-state index in [1.807, 2.05) is 13.0 Å². The molecule has 3 rings (SSSR count). The molecule has 0 radical (unpaired) electrons. The van der Waals surface area contributed by atoms with Crippen LogP contribution in [-0.4, -0.2) is 20.5 Å². The van der Waals surface area contributed by atoms with Gasteiger partial charge in [-0.25, -0.2) is 4.98 Å². The van der Waals surface area contributed by atoms with Crippen LogP contribution in [-0.2, 0) is 4.79 Å². The fourth-order valence-corrected chi connectivity index (χ4v) is 2.42. The largest absolute Gasteiger partial charge is 0.307 e. The predicted molar refractivity (Wildman–Crippen MR) is 91.3 cm³/mol. The lowest BCUT2D eigenvalue weighted by Crippen LogP contribution is -2.11. The van der Waals surface area contributed by atoms with Gasteiger partial charge in [0.05, 0.1) is 6.20 Å². The topological polar surface area (TPSA) is 59.3 Å². The van der Waals surface area contributed by atoms with Crippen LogP contribution in [0, 0.1) is 20.8 Å². The number of aromatic nitrogens is 3. The van der Waals surface area contributed by atoms with Crippen LogP contribution in [0.25, 0.3) is 11.7 Å². The average molecular weight is 306 g/mol. The SMILES string of the molecule is Cc1cc(C)c(/C=C/C(=O)Nc2ccnc3ccnn23)cc1C. The third-order valence-corrected chi connectivity index (χ3v) is 3.84. The van der Waals surface area contributed by atoms with E-state index in [1.165, 1.54) is 17.2 Å². The van der Waals surface area contributed by atoms with Crippen molar-refractivity contribution in [3.63, 3.8) is 0 Å². The molecule has 0 unspecified atom stereocenters. The molecule has 0 spiro atoms. The number of hydrogen-bond acceptors (Lipinski definition) is 3. The van der Waals surface area contributed by atoms with E-state index >= 15 is 0 Å². The van der Waals surface area contributed by atoms with Gasteiger partial charge in [-0.05, 0) is 55.2 Å². The van der Waals surface area contributed by atoms with Crippen LogP contribution in [0.2, 0.25) is 0 Å². The third kappa shape index (κ3) is 3.13. The quantitative estimate of drug-likeness (QED) is 0.755. The molecule has 0 bridgehead atoms. The predicted octanol–water partition coefficient (Wildman–Crippen LogP) is 3.31. The summed E-state index contributed by atoms with van der Waals surface area (Å²) in [6, 6.07) is 7.71. The number of carbonyl (C=O) groups excluding carboxylic acids is 1. The highest BCUT2D eigenvalue weighted by Gasteiger charge is 2.05. The van der Waals surface area contributed by atoms with E-state index in [1.54, 1.807) is 29.0 Å². The highest BCUT2D eigenvalue weighted by molar-refractivity contribution is 6.01. The number of fused-ring (bicyclic) bond motifs is 1. The van der Waals surface area contributed by atoms with Gasteiger partial charge in [-0.2, -0.15) is 9.61 Å². The second-order valence-corrected chi connectivity index (χ2v) is 5.55. The molecule has 5 nitrogen and oxygen atoms in total. The molecule has 3 aromatic rings. The van der Waals surface area contributed by atoms with Gasteiger partial charge in [-0.1, -0.05) is 12.1 Å². The summed E-state index contributed by atoms with van der Waals surface area (Å²) in [4.78, 5) is 16.3. The molecule has 0 fully saturated rings. The Labute approximate surface area is 134 Å². The van der Waals surface area contributed by atoms with Crippen LogP contribution in [0.4, 0.5) is 5.82 Å². The third-order valence-electron chi connectivity index (χ3n) is 3.84. The second-order valence-electron chi connectivity index (χ2n) is 5.55. The number of nitrogens with one attached hydrogen (secondary N) is 1. The molecule has 0 aliphatic heterocycles. The van der Waals surface area contributed by atoms with Gasteiger partial charge in [-0.15, -0.1) is 0 Å². The van der Waals surface area contributed by atoms with Crippen molar-refractivity contribution < 1.29 is 4.79 Å². The minimum absolute atomic E-state index is 0.203. The van der Waals surface area contributed by atoms with Crippen LogP contribution in [0.1, 0.15) is 22.3 Å². The minimum Gasteiger partial charge on any atom is -0.307 e. The van der Waals surface area contributed by atoms with Crippen LogP contribution in [0.3, 0.4) is 0 Å². The first-order valence-electron chi connectivity index (χ1n) is 7.40. The molecule has 2 aromatic heterocycles. The number of aryl methyl sites for hydroxylation is 3. The Bertz CT molecular complexity index is 909. The molecule has 5 heteroatoms. The van der Waals surface area contributed by atoms with Gasteiger partial charge in [0.15, 0.2) is 5.65 Å². The highest BCUT2D eigenvalue weighted by atomic mass is 16.1. The van der Waals surface area contributed by atoms with Crippen LogP contribution >= 0.6 is 0 Å². The van der Waals surface area contributed by atoms with Crippen molar-refractivity contribution in [1.82, 2.24) is 14.6 Å². The van der Waals surface area contributed by atoms with E-state index in [-0.39, 0.29) is 5.91 Å². The van der Waals surface area contributed by atoms with Crippen LogP contribution in [0.15, 0.2) is 42.7 Å². The highest BCUT2D eigenvalue weighted by Crippen LogP contribution is 2.17. The van der Waals surface area contributed by atoms with Crippen molar-refractivity contribution in [2.24, 2.45) is 0 Å². The molecule has 2 heterocycles. The first kappa shape index (κ1) is 15.0. The number of hydrogen-bond donors (Lipinski definition) is 1. The van der Waals surface area contributed by atoms with Gasteiger partial charge < -0.3 is 5.32 Å². The van der Waals surface area contributed by atoms with Crippen molar-refractivity contribution in [1.29, 1.82) is 0 Å². The maximum absolute atomic E-state index is 12.2. The van der Waals surface area contributed by atoms with E-state index in [2.05, 4.69) is 41.4 Å². The van der Waals surface area contributed by atoms with Gasteiger partial charge in [0.25, 0.3) is 0 Å². The summed E-state index contributed by atoms with van der Waals surface area (Å²) >= 11 is 0. The molecule has 0 saturated carbocycles. The first-order valence-corrected chi connectivity index (χ1v) is 7.40. The van der Waals surface area contributed by atoms with Crippen molar-refractivity contribution in [2.45, 2.75) is 20.8 Å². The number of rotatable bonds is 3. The Morgan fingerprint density at radius 2 is 1.87 bits per heavy atom. The summed E-state index contributed by atoms with van der Waals surface area (Å²) in [5.74, 6) is 0.386. The molecule has 116 valence electrons. The Morgan fingerprint density at radius 3 is 2.70 bits per heavy atom. The number of benzene rings is 1. The number of anilines is 1. The molecular formula is C18H18N4O. The van der Waals surface area contributed by atoms with E-state index in [9.17, 15) is 4.79 Å². The Hall–Kier alpha value is -2.95. The van der Waals surface area contributed by atoms with Gasteiger partial charge >= 0.3 is 0 Å². The lowest BCUT2D eigenvalue weighted by Gasteiger charge is -2.07. The van der Waals surface area contributed by atoms with E-state index in [4.69, 9.17) is 0 Å². The van der Waals surface area contributed by atoms with Gasteiger partial charge in [-0.3, -0.25) is 4.79 Å². The number of carbonyl (C=O) groups is 1. The van der Waals surface area contributed by atoms with E-state index in [0.29, 0.717) is 11.5 Å². The molecule has 0 aliphatic rings. The van der Waals surface area contributed by atoms with Gasteiger partial charge in [0.1, 0.15) is 5.82 Å². The van der Waals surface area contributed by atoms with E-state index in [0.717, 1.165) is 11.1 Å². The zero-order valence-electron chi connectivity index (χ0n) is 13.4. The normalized spacial score (nSPS) is 11.3. The number of nitrogens with zero attached hydrogens (tertiary/aromatic N) is 3. The van der Waals surface area contributed by atoms with Crippen LogP contribution < -0.4 is 5.32 Å². The lowest BCUT2D eigenvalue weighted by atomic mass is 10.0. The maximum Gasteiger partial charge on any atom is 0.249 e. The lowest BCUT2D eigenvalue weighted by molar-refractivity contribution is -0.111. The van der Waals surface area contributed by atoms with Crippen molar-refractivity contribution >= 4 is 23.4 Å². The summed E-state index contributed by atoms with van der Waals surface area (Å²) in [5.41, 5.74) is 5.35. The summed E-state index contributed by atoms with van der Waals surface area (Å²) in [6.07, 6.45) is 6.65. The zero-order valence-corrected chi connectivity index (χ0v) is 13.4. The van der Waals surface area contributed by atoms with Gasteiger partial charge in [0.2, 0.25) is 5.91 Å². The molecule has 0 saturated heterocycles.